The van der Waals surface area contributed by atoms with Crippen LogP contribution in [0.3, 0.4) is 0 Å². The first-order chi connectivity index (χ1) is 7.39. The van der Waals surface area contributed by atoms with Crippen molar-refractivity contribution < 1.29 is 4.79 Å². The van der Waals surface area contributed by atoms with E-state index in [1.807, 2.05) is 20.8 Å². The Bertz CT molecular complexity index is 345. The quantitative estimate of drug-likeness (QED) is 0.804. The predicted molar refractivity (Wildman–Crippen MR) is 62.7 cm³/mol. The molecule has 0 spiro atoms. The minimum absolute atomic E-state index is 0.0836. The first kappa shape index (κ1) is 12.6. The number of carbonyl (C=O) groups is 1. The number of hydrogen-bond acceptors (Lipinski definition) is 4. The number of carbonyl (C=O) groups excluding carboxylic acids is 1. The second-order valence-electron chi connectivity index (χ2n) is 4.83. The van der Waals surface area contributed by atoms with Gasteiger partial charge in [-0.05, 0) is 17.5 Å². The third-order valence-corrected chi connectivity index (χ3v) is 2.36. The zero-order valence-corrected chi connectivity index (χ0v) is 9.90. The molecule has 0 radical (unpaired) electrons. The summed E-state index contributed by atoms with van der Waals surface area (Å²) in [6.45, 7) is 6.02. The van der Waals surface area contributed by atoms with E-state index in [9.17, 15) is 4.79 Å². The molecule has 5 heteroatoms. The summed E-state index contributed by atoms with van der Waals surface area (Å²) in [6, 6.07) is 3.23. The number of nitrogens with zero attached hydrogens (tertiary/aromatic N) is 2. The highest BCUT2D eigenvalue weighted by Gasteiger charge is 2.23. The summed E-state index contributed by atoms with van der Waals surface area (Å²) in [5.41, 5.74) is 5.82. The molecule has 0 aliphatic carbocycles. The zero-order valence-electron chi connectivity index (χ0n) is 9.90. The molecule has 1 heterocycles. The Balaban J connectivity index is 2.49. The third-order valence-electron chi connectivity index (χ3n) is 2.36. The SMILES string of the molecule is CC(C)(C)C(N)CC(=O)Nc1cccnn1. The van der Waals surface area contributed by atoms with Crippen LogP contribution >= 0.6 is 0 Å². The van der Waals surface area contributed by atoms with E-state index in [4.69, 9.17) is 5.73 Å². The van der Waals surface area contributed by atoms with Gasteiger partial charge in [-0.2, -0.15) is 5.10 Å². The van der Waals surface area contributed by atoms with Crippen molar-refractivity contribution in [2.45, 2.75) is 33.2 Å². The van der Waals surface area contributed by atoms with Crippen molar-refractivity contribution in [1.82, 2.24) is 10.2 Å². The smallest absolute Gasteiger partial charge is 0.227 e. The highest BCUT2D eigenvalue weighted by Crippen LogP contribution is 2.19. The average Bonchev–Trinajstić information content (AvgIpc) is 2.17. The van der Waals surface area contributed by atoms with Gasteiger partial charge in [0.1, 0.15) is 0 Å². The molecule has 0 aromatic carbocycles. The van der Waals surface area contributed by atoms with E-state index in [0.717, 1.165) is 0 Å². The van der Waals surface area contributed by atoms with Gasteiger partial charge in [0.2, 0.25) is 5.91 Å². The van der Waals surface area contributed by atoms with Gasteiger partial charge < -0.3 is 11.1 Å². The monoisotopic (exact) mass is 222 g/mol. The van der Waals surface area contributed by atoms with Gasteiger partial charge in [-0.25, -0.2) is 0 Å². The summed E-state index contributed by atoms with van der Waals surface area (Å²) in [7, 11) is 0. The third kappa shape index (κ3) is 3.94. The maximum atomic E-state index is 11.6. The number of anilines is 1. The summed E-state index contributed by atoms with van der Waals surface area (Å²) in [5, 5.41) is 10.1. The topological polar surface area (TPSA) is 80.9 Å². The Hall–Kier alpha value is -1.49. The first-order valence-electron chi connectivity index (χ1n) is 5.23. The molecule has 1 aromatic rings. The Labute approximate surface area is 95.4 Å². The number of rotatable bonds is 3. The summed E-state index contributed by atoms with van der Waals surface area (Å²) < 4.78 is 0. The molecule has 0 aliphatic heterocycles. The largest absolute Gasteiger partial charge is 0.327 e. The molecule has 1 unspecified atom stereocenters. The molecule has 0 saturated heterocycles. The fourth-order valence-electron chi connectivity index (χ4n) is 1.07. The minimum atomic E-state index is -0.177. The van der Waals surface area contributed by atoms with E-state index < -0.39 is 0 Å². The standard InChI is InChI=1S/C11H18N4O/c1-11(2,3)8(12)7-10(16)14-9-5-4-6-13-15-9/h4-6,8H,7,12H2,1-3H3,(H,14,15,16). The van der Waals surface area contributed by atoms with Crippen LogP contribution < -0.4 is 11.1 Å². The fraction of sp³-hybridized carbons (Fsp3) is 0.545. The van der Waals surface area contributed by atoms with Crippen LogP contribution in [0, 0.1) is 5.41 Å². The first-order valence-corrected chi connectivity index (χ1v) is 5.23. The Kier molecular flexibility index (Phi) is 3.95. The predicted octanol–water partition coefficient (Wildman–Crippen LogP) is 1.18. The van der Waals surface area contributed by atoms with Gasteiger partial charge in [-0.1, -0.05) is 20.8 Å². The molecule has 0 aliphatic rings. The molecule has 0 saturated carbocycles. The van der Waals surface area contributed by atoms with Crippen LogP contribution in [-0.4, -0.2) is 22.1 Å². The van der Waals surface area contributed by atoms with Crippen LogP contribution in [0.25, 0.3) is 0 Å². The minimum Gasteiger partial charge on any atom is -0.327 e. The maximum Gasteiger partial charge on any atom is 0.227 e. The molecule has 0 bridgehead atoms. The van der Waals surface area contributed by atoms with Crippen molar-refractivity contribution >= 4 is 11.7 Å². The van der Waals surface area contributed by atoms with Crippen molar-refractivity contribution in [2.24, 2.45) is 11.1 Å². The number of nitrogens with two attached hydrogens (primary N) is 1. The van der Waals surface area contributed by atoms with Gasteiger partial charge in [0.15, 0.2) is 5.82 Å². The van der Waals surface area contributed by atoms with E-state index in [-0.39, 0.29) is 23.8 Å². The average molecular weight is 222 g/mol. The van der Waals surface area contributed by atoms with Crippen molar-refractivity contribution in [2.75, 3.05) is 5.32 Å². The van der Waals surface area contributed by atoms with Crippen molar-refractivity contribution in [3.63, 3.8) is 0 Å². The summed E-state index contributed by atoms with van der Waals surface area (Å²) in [6.07, 6.45) is 1.83. The van der Waals surface area contributed by atoms with Gasteiger partial charge in [-0.15, -0.1) is 5.10 Å². The molecule has 3 N–H and O–H groups in total. The number of nitrogens with one attached hydrogen (secondary N) is 1. The van der Waals surface area contributed by atoms with Gasteiger partial charge in [0, 0.05) is 18.7 Å². The van der Waals surface area contributed by atoms with Gasteiger partial charge in [-0.3, -0.25) is 4.79 Å². The van der Waals surface area contributed by atoms with E-state index in [1.165, 1.54) is 0 Å². The lowest BCUT2D eigenvalue weighted by Crippen LogP contribution is -2.38. The van der Waals surface area contributed by atoms with Crippen molar-refractivity contribution in [1.29, 1.82) is 0 Å². The molecule has 1 rings (SSSR count). The second-order valence-corrected chi connectivity index (χ2v) is 4.83. The van der Waals surface area contributed by atoms with E-state index in [1.54, 1.807) is 18.3 Å². The highest BCUT2D eigenvalue weighted by molar-refractivity contribution is 5.90. The van der Waals surface area contributed by atoms with Crippen LogP contribution in [-0.2, 0) is 4.79 Å². The molecule has 1 atom stereocenters. The summed E-state index contributed by atoms with van der Waals surface area (Å²) in [5.74, 6) is 0.316. The molecule has 0 fully saturated rings. The highest BCUT2D eigenvalue weighted by atomic mass is 16.1. The molecular formula is C11H18N4O. The van der Waals surface area contributed by atoms with Gasteiger partial charge in [0.05, 0.1) is 0 Å². The molecular weight excluding hydrogens is 204 g/mol. The second kappa shape index (κ2) is 5.03. The fourth-order valence-corrected chi connectivity index (χ4v) is 1.07. The van der Waals surface area contributed by atoms with Crippen molar-refractivity contribution in [3.8, 4) is 0 Å². The lowest BCUT2D eigenvalue weighted by Gasteiger charge is -2.26. The zero-order chi connectivity index (χ0) is 12.2. The summed E-state index contributed by atoms with van der Waals surface area (Å²) >= 11 is 0. The normalized spacial score (nSPS) is 13.2. The van der Waals surface area contributed by atoms with Gasteiger partial charge in [0.25, 0.3) is 0 Å². The summed E-state index contributed by atoms with van der Waals surface area (Å²) in [4.78, 5) is 11.6. The van der Waals surface area contributed by atoms with E-state index in [0.29, 0.717) is 5.82 Å². The molecule has 1 amide bonds. The van der Waals surface area contributed by atoms with Crippen molar-refractivity contribution in [3.05, 3.63) is 18.3 Å². The van der Waals surface area contributed by atoms with Crippen LogP contribution in [0.1, 0.15) is 27.2 Å². The van der Waals surface area contributed by atoms with E-state index >= 15 is 0 Å². The Morgan fingerprint density at radius 1 is 1.56 bits per heavy atom. The van der Waals surface area contributed by atoms with Crippen LogP contribution in [0.15, 0.2) is 18.3 Å². The number of aromatic nitrogens is 2. The molecule has 16 heavy (non-hydrogen) atoms. The number of amides is 1. The van der Waals surface area contributed by atoms with E-state index in [2.05, 4.69) is 15.5 Å². The molecule has 1 aromatic heterocycles. The number of hydrogen-bond donors (Lipinski definition) is 2. The van der Waals surface area contributed by atoms with Crippen LogP contribution in [0.4, 0.5) is 5.82 Å². The lowest BCUT2D eigenvalue weighted by molar-refractivity contribution is -0.117. The molecule has 5 nitrogen and oxygen atoms in total. The maximum absolute atomic E-state index is 11.6. The lowest BCUT2D eigenvalue weighted by atomic mass is 9.85. The van der Waals surface area contributed by atoms with Gasteiger partial charge >= 0.3 is 0 Å². The van der Waals surface area contributed by atoms with Crippen LogP contribution in [0.5, 0.6) is 0 Å². The Morgan fingerprint density at radius 3 is 2.75 bits per heavy atom. The Morgan fingerprint density at radius 2 is 2.25 bits per heavy atom. The molecule has 88 valence electrons. The van der Waals surface area contributed by atoms with Crippen LogP contribution in [0.2, 0.25) is 0 Å².